The number of halogens is 1. The van der Waals surface area contributed by atoms with Crippen LogP contribution in [0.2, 0.25) is 0 Å². The second-order valence-corrected chi connectivity index (χ2v) is 6.37. The number of piperazine rings is 3. The lowest BCUT2D eigenvalue weighted by molar-refractivity contribution is -0.941. The molecular formula is C14H27BrN2. The van der Waals surface area contributed by atoms with Crippen molar-refractivity contribution in [2.24, 2.45) is 5.92 Å². The minimum atomic E-state index is 0. The van der Waals surface area contributed by atoms with E-state index >= 15 is 0 Å². The van der Waals surface area contributed by atoms with Gasteiger partial charge in [-0.25, -0.2) is 0 Å². The maximum atomic E-state index is 2.65. The molecule has 0 amide bonds. The highest BCUT2D eigenvalue weighted by atomic mass is 79.9. The molecule has 0 spiro atoms. The average molecular weight is 303 g/mol. The van der Waals surface area contributed by atoms with Crippen molar-refractivity contribution in [1.29, 1.82) is 0 Å². The first-order valence-corrected chi connectivity index (χ1v) is 7.44. The Kier molecular flexibility index (Phi) is 4.90. The quantitative estimate of drug-likeness (QED) is 0.611. The van der Waals surface area contributed by atoms with E-state index in [9.17, 15) is 0 Å². The molecule has 3 aliphatic heterocycles. The van der Waals surface area contributed by atoms with Crippen molar-refractivity contribution >= 4 is 0 Å². The van der Waals surface area contributed by atoms with Crippen LogP contribution in [0.1, 0.15) is 38.5 Å². The molecule has 3 saturated heterocycles. The summed E-state index contributed by atoms with van der Waals surface area (Å²) in [7, 11) is 0. The van der Waals surface area contributed by atoms with Crippen molar-refractivity contribution in [3.8, 4) is 0 Å². The largest absolute Gasteiger partial charge is 1.00 e. The first-order valence-electron chi connectivity index (χ1n) is 7.44. The van der Waals surface area contributed by atoms with Crippen LogP contribution in [0.5, 0.6) is 0 Å². The second-order valence-electron chi connectivity index (χ2n) is 6.37. The molecule has 0 aromatic rings. The Balaban J connectivity index is 0.00000108. The van der Waals surface area contributed by atoms with Gasteiger partial charge < -0.3 is 21.5 Å². The van der Waals surface area contributed by atoms with Gasteiger partial charge in [0.2, 0.25) is 0 Å². The molecule has 0 atom stereocenters. The van der Waals surface area contributed by atoms with Crippen LogP contribution in [0.25, 0.3) is 0 Å². The van der Waals surface area contributed by atoms with Gasteiger partial charge >= 0.3 is 0 Å². The number of quaternary nitrogens is 1. The fourth-order valence-corrected chi connectivity index (χ4v) is 4.00. The zero-order valence-electron chi connectivity index (χ0n) is 11.0. The highest BCUT2D eigenvalue weighted by molar-refractivity contribution is 4.72. The van der Waals surface area contributed by atoms with Crippen molar-refractivity contribution in [1.82, 2.24) is 4.90 Å². The fourth-order valence-electron chi connectivity index (χ4n) is 4.00. The molecule has 0 aromatic carbocycles. The minimum absolute atomic E-state index is 0. The summed E-state index contributed by atoms with van der Waals surface area (Å²) in [5.74, 6) is 1.08. The van der Waals surface area contributed by atoms with Gasteiger partial charge in [0.15, 0.2) is 0 Å². The molecule has 0 aromatic heterocycles. The van der Waals surface area contributed by atoms with E-state index in [-0.39, 0.29) is 17.0 Å². The number of nitrogens with zero attached hydrogens (tertiary/aromatic N) is 2. The van der Waals surface area contributed by atoms with Crippen molar-refractivity contribution in [2.75, 3.05) is 45.8 Å². The van der Waals surface area contributed by atoms with E-state index in [4.69, 9.17) is 0 Å². The number of hydrogen-bond donors (Lipinski definition) is 0. The summed E-state index contributed by atoms with van der Waals surface area (Å²) in [4.78, 5) is 2.65. The van der Waals surface area contributed by atoms with Crippen molar-refractivity contribution in [3.05, 3.63) is 0 Å². The predicted octanol–water partition coefficient (Wildman–Crippen LogP) is -0.893. The maximum Gasteiger partial charge on any atom is 0.0916 e. The Bertz CT molecular complexity index is 217. The Labute approximate surface area is 117 Å². The molecule has 4 aliphatic rings. The fraction of sp³-hybridized carbons (Fsp3) is 1.00. The van der Waals surface area contributed by atoms with Crippen LogP contribution in [-0.2, 0) is 0 Å². The van der Waals surface area contributed by atoms with Gasteiger partial charge in [0.1, 0.15) is 0 Å². The Morgan fingerprint density at radius 3 is 2.06 bits per heavy atom. The average Bonchev–Trinajstić information content (AvgIpc) is 2.40. The van der Waals surface area contributed by atoms with Crippen LogP contribution in [0, 0.1) is 5.92 Å². The van der Waals surface area contributed by atoms with Crippen LogP contribution in [-0.4, -0.2) is 55.2 Å². The third kappa shape index (κ3) is 3.24. The summed E-state index contributed by atoms with van der Waals surface area (Å²) >= 11 is 0. The third-order valence-corrected chi connectivity index (χ3v) is 5.41. The van der Waals surface area contributed by atoms with Gasteiger partial charge in [-0.3, -0.25) is 4.90 Å². The molecule has 0 radical (unpaired) electrons. The van der Waals surface area contributed by atoms with Crippen molar-refractivity contribution < 1.29 is 21.5 Å². The molecule has 0 unspecified atom stereocenters. The summed E-state index contributed by atoms with van der Waals surface area (Å²) in [6.07, 6.45) is 9.13. The SMILES string of the molecule is C1CCC(CC[N+]23CCN(CC2)CC3)CC1.[Br-]. The molecule has 100 valence electrons. The standard InChI is InChI=1S/C14H27N2.BrH/c1-2-4-14(5-3-1)6-10-16-11-7-15(8-12-16)9-13-16;/h14H,1-13H2;1H/q+1;/p-1. The van der Waals surface area contributed by atoms with E-state index in [1.165, 1.54) is 88.8 Å². The maximum absolute atomic E-state index is 2.65. The van der Waals surface area contributed by atoms with Gasteiger partial charge in [0.25, 0.3) is 0 Å². The highest BCUT2D eigenvalue weighted by Crippen LogP contribution is 2.29. The number of fused-ring (bicyclic) bond motifs is 3. The summed E-state index contributed by atoms with van der Waals surface area (Å²) in [6, 6.07) is 0. The van der Waals surface area contributed by atoms with Gasteiger partial charge in [-0.2, -0.15) is 0 Å². The molecule has 17 heavy (non-hydrogen) atoms. The zero-order chi connectivity index (χ0) is 10.8. The highest BCUT2D eigenvalue weighted by Gasteiger charge is 2.38. The van der Waals surface area contributed by atoms with Crippen LogP contribution in [0.4, 0.5) is 0 Å². The molecule has 0 N–H and O–H groups in total. The lowest BCUT2D eigenvalue weighted by atomic mass is 9.86. The first-order chi connectivity index (χ1) is 7.86. The van der Waals surface area contributed by atoms with Crippen molar-refractivity contribution in [2.45, 2.75) is 38.5 Å². The van der Waals surface area contributed by atoms with Crippen LogP contribution >= 0.6 is 0 Å². The summed E-state index contributed by atoms with van der Waals surface area (Å²) in [6.45, 7) is 9.99. The smallest absolute Gasteiger partial charge is 0.0916 e. The molecular weight excluding hydrogens is 276 g/mol. The molecule has 4 rings (SSSR count). The molecule has 1 aliphatic carbocycles. The number of rotatable bonds is 3. The first kappa shape index (κ1) is 13.8. The molecule has 1 saturated carbocycles. The van der Waals surface area contributed by atoms with E-state index in [1.54, 1.807) is 0 Å². The van der Waals surface area contributed by atoms with Gasteiger partial charge in [0, 0.05) is 19.6 Å². The lowest BCUT2D eigenvalue weighted by Gasteiger charge is -2.51. The van der Waals surface area contributed by atoms with Gasteiger partial charge in [-0.05, 0) is 12.3 Å². The normalized spacial score (nSPS) is 37.8. The van der Waals surface area contributed by atoms with Crippen LogP contribution < -0.4 is 17.0 Å². The second kappa shape index (κ2) is 6.03. The van der Waals surface area contributed by atoms with Gasteiger partial charge in [-0.1, -0.05) is 32.1 Å². The van der Waals surface area contributed by atoms with E-state index in [2.05, 4.69) is 4.90 Å². The summed E-state index contributed by atoms with van der Waals surface area (Å²) in [5.41, 5.74) is 0. The Morgan fingerprint density at radius 2 is 1.47 bits per heavy atom. The summed E-state index contributed by atoms with van der Waals surface area (Å²) < 4.78 is 1.48. The molecule has 4 fully saturated rings. The summed E-state index contributed by atoms with van der Waals surface area (Å²) in [5, 5.41) is 0. The Morgan fingerprint density at radius 1 is 0.882 bits per heavy atom. The minimum Gasteiger partial charge on any atom is -1.00 e. The van der Waals surface area contributed by atoms with Gasteiger partial charge in [-0.15, -0.1) is 0 Å². The van der Waals surface area contributed by atoms with Crippen LogP contribution in [0.3, 0.4) is 0 Å². The molecule has 2 bridgehead atoms. The van der Waals surface area contributed by atoms with Gasteiger partial charge in [0.05, 0.1) is 26.2 Å². The number of hydrogen-bond acceptors (Lipinski definition) is 1. The molecule has 2 nitrogen and oxygen atoms in total. The van der Waals surface area contributed by atoms with E-state index in [0.717, 1.165) is 5.92 Å². The van der Waals surface area contributed by atoms with E-state index in [0.29, 0.717) is 0 Å². The zero-order valence-corrected chi connectivity index (χ0v) is 12.6. The molecule has 3 heterocycles. The topological polar surface area (TPSA) is 3.24 Å². The van der Waals surface area contributed by atoms with E-state index in [1.807, 2.05) is 0 Å². The van der Waals surface area contributed by atoms with Crippen LogP contribution in [0.15, 0.2) is 0 Å². The Hall–Kier alpha value is 0.400. The predicted molar refractivity (Wildman–Crippen MR) is 67.4 cm³/mol. The van der Waals surface area contributed by atoms with E-state index < -0.39 is 0 Å². The third-order valence-electron chi connectivity index (χ3n) is 5.41. The monoisotopic (exact) mass is 302 g/mol. The lowest BCUT2D eigenvalue weighted by Crippen LogP contribution is -3.00. The van der Waals surface area contributed by atoms with Crippen molar-refractivity contribution in [3.63, 3.8) is 0 Å². The molecule has 3 heteroatoms.